The van der Waals surface area contributed by atoms with Crippen LogP contribution in [0, 0.1) is 0 Å². The summed E-state index contributed by atoms with van der Waals surface area (Å²) in [6, 6.07) is 2.64. The summed E-state index contributed by atoms with van der Waals surface area (Å²) in [6.45, 7) is 8.81. The molecule has 0 fully saturated rings. The number of aromatic hydroxyl groups is 2. The van der Waals surface area contributed by atoms with Crippen LogP contribution in [0.25, 0.3) is 0 Å². The summed E-state index contributed by atoms with van der Waals surface area (Å²) >= 11 is 0. The first-order valence-electron chi connectivity index (χ1n) is 15.4. The van der Waals surface area contributed by atoms with E-state index in [1.807, 2.05) is 6.08 Å². The second-order valence-electron chi connectivity index (χ2n) is 11.1. The van der Waals surface area contributed by atoms with E-state index < -0.39 is 0 Å². The fraction of sp³-hybridized carbons (Fsp3) is 0.676. The van der Waals surface area contributed by atoms with E-state index in [4.69, 9.17) is 4.74 Å². The van der Waals surface area contributed by atoms with Crippen molar-refractivity contribution in [1.82, 2.24) is 0 Å². The van der Waals surface area contributed by atoms with Crippen LogP contribution >= 0.6 is 0 Å². The molecule has 1 aromatic carbocycles. The average molecular weight is 529 g/mol. The molecule has 0 saturated carbocycles. The second kappa shape index (κ2) is 21.7. The maximum absolute atomic E-state index is 12.9. The Balaban J connectivity index is 2.28. The van der Waals surface area contributed by atoms with Crippen LogP contribution < -0.4 is 4.74 Å². The van der Waals surface area contributed by atoms with Crippen molar-refractivity contribution in [3.8, 4) is 17.2 Å². The summed E-state index contributed by atoms with van der Waals surface area (Å²) in [4.78, 5) is 12.9. The zero-order chi connectivity index (χ0) is 28.0. The van der Waals surface area contributed by atoms with E-state index in [1.54, 1.807) is 0 Å². The number of allylic oxidation sites excluding steroid dienone is 3. The van der Waals surface area contributed by atoms with Crippen LogP contribution in [0.5, 0.6) is 17.2 Å². The van der Waals surface area contributed by atoms with Crippen molar-refractivity contribution >= 4 is 5.78 Å². The summed E-state index contributed by atoms with van der Waals surface area (Å²) in [5, 5.41) is 20.3. The fourth-order valence-corrected chi connectivity index (χ4v) is 4.73. The molecule has 38 heavy (non-hydrogen) atoms. The topological polar surface area (TPSA) is 66.8 Å². The van der Waals surface area contributed by atoms with Gasteiger partial charge in [-0.15, -0.1) is 0 Å². The van der Waals surface area contributed by atoms with Gasteiger partial charge in [0.25, 0.3) is 0 Å². The van der Waals surface area contributed by atoms with Gasteiger partial charge in [-0.1, -0.05) is 114 Å². The Morgan fingerprint density at radius 1 is 0.737 bits per heavy atom. The Bertz CT molecular complexity index is 833. The van der Waals surface area contributed by atoms with Gasteiger partial charge in [0.05, 0.1) is 0 Å². The van der Waals surface area contributed by atoms with Gasteiger partial charge < -0.3 is 14.9 Å². The van der Waals surface area contributed by atoms with Gasteiger partial charge in [0.15, 0.2) is 5.78 Å². The lowest BCUT2D eigenvalue weighted by Crippen LogP contribution is -2.05. The standard InChI is InChI=1S/C34H56O4/c1-5-6-7-8-9-10-11-12-13-14-15-16-17-18-19-23-31(36)34-32(37)26-30(35)27-33(34)38-25-24-29(4)22-20-21-28(2)3/h21,24,26-27,35,37H,5-20,22-23,25H2,1-4H3/b29-24+. The van der Waals surface area contributed by atoms with Crippen molar-refractivity contribution in [2.45, 2.75) is 143 Å². The zero-order valence-corrected chi connectivity index (χ0v) is 25.0. The number of phenolic OH excluding ortho intramolecular Hbond substituents is 2. The number of hydrogen-bond acceptors (Lipinski definition) is 4. The second-order valence-corrected chi connectivity index (χ2v) is 11.1. The molecule has 1 rings (SSSR count). The van der Waals surface area contributed by atoms with Crippen molar-refractivity contribution in [3.63, 3.8) is 0 Å². The van der Waals surface area contributed by atoms with Crippen LogP contribution in [0.2, 0.25) is 0 Å². The van der Waals surface area contributed by atoms with Gasteiger partial charge in [-0.3, -0.25) is 4.79 Å². The van der Waals surface area contributed by atoms with E-state index >= 15 is 0 Å². The van der Waals surface area contributed by atoms with E-state index in [9.17, 15) is 15.0 Å². The summed E-state index contributed by atoms with van der Waals surface area (Å²) in [5.41, 5.74) is 2.70. The first kappa shape index (κ1) is 33.8. The van der Waals surface area contributed by atoms with Gasteiger partial charge >= 0.3 is 0 Å². The molecule has 2 N–H and O–H groups in total. The average Bonchev–Trinajstić information content (AvgIpc) is 2.85. The molecule has 4 heteroatoms. The third-order valence-electron chi connectivity index (χ3n) is 7.11. The molecular weight excluding hydrogens is 472 g/mol. The maximum Gasteiger partial charge on any atom is 0.170 e. The number of phenols is 2. The third-order valence-corrected chi connectivity index (χ3v) is 7.11. The first-order chi connectivity index (χ1) is 18.3. The number of Topliss-reactive ketones (excluding diaryl/α,β-unsaturated/α-hetero) is 1. The number of rotatable bonds is 23. The number of ether oxygens (including phenoxy) is 1. The van der Waals surface area contributed by atoms with Crippen LogP contribution in [0.3, 0.4) is 0 Å². The number of ketones is 1. The molecule has 0 bridgehead atoms. The van der Waals surface area contributed by atoms with E-state index in [0.29, 0.717) is 13.0 Å². The molecule has 0 radical (unpaired) electrons. The molecular formula is C34H56O4. The molecule has 0 aliphatic heterocycles. The van der Waals surface area contributed by atoms with Crippen LogP contribution in [-0.4, -0.2) is 22.6 Å². The van der Waals surface area contributed by atoms with Gasteiger partial charge in [-0.2, -0.15) is 0 Å². The summed E-state index contributed by atoms with van der Waals surface area (Å²) in [5.74, 6) is -0.196. The Labute approximate surface area is 233 Å². The normalized spacial score (nSPS) is 11.5. The predicted molar refractivity (Wildman–Crippen MR) is 162 cm³/mol. The molecule has 0 aliphatic carbocycles. The number of hydrogen-bond donors (Lipinski definition) is 2. The van der Waals surface area contributed by atoms with E-state index in [-0.39, 0.29) is 28.6 Å². The third kappa shape index (κ3) is 16.6. The lowest BCUT2D eigenvalue weighted by atomic mass is 10.0. The van der Waals surface area contributed by atoms with Gasteiger partial charge in [0, 0.05) is 18.6 Å². The molecule has 0 aliphatic rings. The quantitative estimate of drug-likeness (QED) is 0.0842. The Morgan fingerprint density at radius 3 is 1.79 bits per heavy atom. The number of carbonyl (C=O) groups excluding carboxylic acids is 1. The van der Waals surface area contributed by atoms with Gasteiger partial charge in [0.2, 0.25) is 0 Å². The van der Waals surface area contributed by atoms with Crippen LogP contribution in [0.4, 0.5) is 0 Å². The molecule has 0 aromatic heterocycles. The number of unbranched alkanes of at least 4 members (excludes halogenated alkanes) is 14. The van der Waals surface area contributed by atoms with Crippen LogP contribution in [0.15, 0.2) is 35.4 Å². The summed E-state index contributed by atoms with van der Waals surface area (Å²) in [7, 11) is 0. The van der Waals surface area contributed by atoms with E-state index in [2.05, 4.69) is 33.8 Å². The lowest BCUT2D eigenvalue weighted by molar-refractivity contribution is 0.0972. The number of benzene rings is 1. The Morgan fingerprint density at radius 2 is 1.26 bits per heavy atom. The predicted octanol–water partition coefficient (Wildman–Crippen LogP) is 10.6. The van der Waals surface area contributed by atoms with Gasteiger partial charge in [-0.25, -0.2) is 0 Å². The largest absolute Gasteiger partial charge is 0.508 e. The van der Waals surface area contributed by atoms with E-state index in [1.165, 1.54) is 100 Å². The minimum absolute atomic E-state index is 0.106. The number of carbonyl (C=O) groups is 1. The highest BCUT2D eigenvalue weighted by Gasteiger charge is 2.19. The fourth-order valence-electron chi connectivity index (χ4n) is 4.73. The molecule has 0 unspecified atom stereocenters. The molecule has 0 spiro atoms. The van der Waals surface area contributed by atoms with Gasteiger partial charge in [-0.05, 0) is 46.1 Å². The lowest BCUT2D eigenvalue weighted by Gasteiger charge is -2.12. The summed E-state index contributed by atoms with van der Waals surface area (Å²) < 4.78 is 5.81. The van der Waals surface area contributed by atoms with Crippen molar-refractivity contribution < 1.29 is 19.7 Å². The molecule has 1 aromatic rings. The van der Waals surface area contributed by atoms with Crippen molar-refractivity contribution in [2.75, 3.05) is 6.61 Å². The van der Waals surface area contributed by atoms with Crippen molar-refractivity contribution in [3.05, 3.63) is 41.0 Å². The molecule has 216 valence electrons. The highest BCUT2D eigenvalue weighted by molar-refractivity contribution is 6.01. The molecule has 0 atom stereocenters. The molecule has 4 nitrogen and oxygen atoms in total. The van der Waals surface area contributed by atoms with E-state index in [0.717, 1.165) is 32.1 Å². The highest BCUT2D eigenvalue weighted by atomic mass is 16.5. The molecule has 0 amide bonds. The maximum atomic E-state index is 12.9. The minimum Gasteiger partial charge on any atom is -0.508 e. The highest BCUT2D eigenvalue weighted by Crippen LogP contribution is 2.34. The zero-order valence-electron chi connectivity index (χ0n) is 25.0. The smallest absolute Gasteiger partial charge is 0.170 e. The van der Waals surface area contributed by atoms with Crippen molar-refractivity contribution in [2.24, 2.45) is 0 Å². The SMILES string of the molecule is CCCCCCCCCCCCCCCCCC(=O)c1c(O)cc(O)cc1OC/C=C(\C)CCC=C(C)C. The van der Waals surface area contributed by atoms with Crippen LogP contribution in [-0.2, 0) is 0 Å². The monoisotopic (exact) mass is 528 g/mol. The van der Waals surface area contributed by atoms with Crippen LogP contribution in [0.1, 0.15) is 154 Å². The Hall–Kier alpha value is -2.23. The Kier molecular flexibility index (Phi) is 19.3. The molecule has 0 heterocycles. The van der Waals surface area contributed by atoms with Gasteiger partial charge in [0.1, 0.15) is 29.4 Å². The summed E-state index contributed by atoms with van der Waals surface area (Å²) in [6.07, 6.45) is 25.7. The minimum atomic E-state index is -0.213. The van der Waals surface area contributed by atoms with Crippen molar-refractivity contribution in [1.29, 1.82) is 0 Å². The molecule has 0 saturated heterocycles. The first-order valence-corrected chi connectivity index (χ1v) is 15.4.